The molecule has 11 nitrogen and oxygen atoms in total. The van der Waals surface area contributed by atoms with E-state index in [1.54, 1.807) is 0 Å². The van der Waals surface area contributed by atoms with Gasteiger partial charge in [0.05, 0.1) is 0 Å². The number of nitrogens with one attached hydrogen (secondary N) is 2. The van der Waals surface area contributed by atoms with Gasteiger partial charge in [-0.1, -0.05) is 0 Å². The van der Waals surface area contributed by atoms with Crippen LogP contribution in [0.4, 0.5) is 4.79 Å². The molecule has 1 saturated heterocycles. The lowest BCUT2D eigenvalue weighted by Gasteiger charge is -2.22. The average Bonchev–Trinajstić information content (AvgIpc) is 3.00. The molecule has 29 heavy (non-hydrogen) atoms. The number of H-pyrrole nitrogens is 1. The molecule has 2 N–H and O–H groups in total. The number of alkyl carbamates (subject to hydrolysis) is 1. The maximum absolute atomic E-state index is 12.1. The molecule has 0 unspecified atom stereocenters. The van der Waals surface area contributed by atoms with Crippen molar-refractivity contribution in [3.05, 3.63) is 33.1 Å². The fraction of sp³-hybridized carbons (Fsp3) is 0.556. The number of amides is 1. The molecule has 4 atom stereocenters. The van der Waals surface area contributed by atoms with E-state index in [1.807, 2.05) is 0 Å². The minimum atomic E-state index is -1.01. The van der Waals surface area contributed by atoms with Crippen molar-refractivity contribution in [2.24, 2.45) is 0 Å². The van der Waals surface area contributed by atoms with Crippen LogP contribution in [0.25, 0.3) is 0 Å². The number of ether oxygens (including phenoxy) is 4. The van der Waals surface area contributed by atoms with Crippen LogP contribution >= 0.6 is 0 Å². The van der Waals surface area contributed by atoms with Gasteiger partial charge in [-0.2, -0.15) is 0 Å². The minimum absolute atomic E-state index is 0.257. The van der Waals surface area contributed by atoms with Gasteiger partial charge in [0.2, 0.25) is 0 Å². The van der Waals surface area contributed by atoms with Gasteiger partial charge in [-0.25, -0.2) is 9.59 Å². The highest BCUT2D eigenvalue weighted by Crippen LogP contribution is 2.32. The van der Waals surface area contributed by atoms with Crippen molar-refractivity contribution in [2.45, 2.75) is 44.3 Å². The number of aromatic amines is 1. The van der Waals surface area contributed by atoms with Crippen molar-refractivity contribution in [3.63, 3.8) is 0 Å². The molecular formula is C18H23N3O8. The zero-order valence-electron chi connectivity index (χ0n) is 16.1. The minimum Gasteiger partial charge on any atom is -0.457 e. The molecule has 1 aromatic rings. The highest BCUT2D eigenvalue weighted by Gasteiger charge is 2.49. The number of rotatable bonds is 8. The van der Waals surface area contributed by atoms with Crippen molar-refractivity contribution < 1.29 is 28.5 Å². The van der Waals surface area contributed by atoms with E-state index in [1.165, 1.54) is 20.2 Å². The predicted molar refractivity (Wildman–Crippen MR) is 99.0 cm³/mol. The molecule has 0 radical (unpaired) electrons. The second-order valence-electron chi connectivity index (χ2n) is 6.19. The summed E-state index contributed by atoms with van der Waals surface area (Å²) in [6, 6.07) is 1.14. The Bertz CT molecular complexity index is 871. The van der Waals surface area contributed by atoms with E-state index in [-0.39, 0.29) is 6.61 Å². The normalized spacial score (nSPS) is 23.2. The Morgan fingerprint density at radius 3 is 2.76 bits per heavy atom. The van der Waals surface area contributed by atoms with Gasteiger partial charge in [0.1, 0.15) is 18.8 Å². The Kier molecular flexibility index (Phi) is 7.99. The fourth-order valence-electron chi connectivity index (χ4n) is 2.87. The standard InChI is InChI=1S/C18H23N3O8/c1-4-5-6-8-19-18(25)27-10-12-14(28-11(2)22)15(26-3)16(29-12)21-9-7-13(23)20-17(21)24/h1,7,9,12,14-16H,5-6,8,10H2,2-3H3,(H,19,25)(H,20,23,24)/t12-,14-,15-,16-/m1/s1. The number of hydrogen-bond acceptors (Lipinski definition) is 8. The van der Waals surface area contributed by atoms with Crippen LogP contribution in [0, 0.1) is 12.3 Å². The van der Waals surface area contributed by atoms with E-state index in [4.69, 9.17) is 25.4 Å². The summed E-state index contributed by atoms with van der Waals surface area (Å²) in [4.78, 5) is 48.9. The average molecular weight is 409 g/mol. The molecule has 11 heteroatoms. The zero-order valence-corrected chi connectivity index (χ0v) is 16.1. The second-order valence-corrected chi connectivity index (χ2v) is 6.19. The quantitative estimate of drug-likeness (QED) is 0.334. The topological polar surface area (TPSA) is 138 Å². The van der Waals surface area contributed by atoms with Gasteiger partial charge in [0, 0.05) is 39.3 Å². The number of terminal acetylenes is 1. The number of unbranched alkanes of at least 4 members (excludes halogenated alkanes) is 1. The van der Waals surface area contributed by atoms with Crippen LogP contribution in [0.3, 0.4) is 0 Å². The van der Waals surface area contributed by atoms with E-state index in [0.717, 1.165) is 10.6 Å². The highest BCUT2D eigenvalue weighted by atomic mass is 16.6. The summed E-state index contributed by atoms with van der Waals surface area (Å²) in [5.41, 5.74) is -1.30. The Morgan fingerprint density at radius 1 is 1.38 bits per heavy atom. The van der Waals surface area contributed by atoms with Crippen LogP contribution in [-0.2, 0) is 23.7 Å². The van der Waals surface area contributed by atoms with Crippen LogP contribution in [0.15, 0.2) is 21.9 Å². The number of carbonyl (C=O) groups is 2. The molecule has 0 aliphatic carbocycles. The van der Waals surface area contributed by atoms with Crippen molar-refractivity contribution in [3.8, 4) is 12.3 Å². The molecule has 1 aromatic heterocycles. The predicted octanol–water partition coefficient (Wildman–Crippen LogP) is -0.480. The molecule has 158 valence electrons. The van der Waals surface area contributed by atoms with E-state index in [0.29, 0.717) is 19.4 Å². The lowest BCUT2D eigenvalue weighted by atomic mass is 10.1. The van der Waals surface area contributed by atoms with E-state index in [2.05, 4.69) is 16.2 Å². The first-order valence-electron chi connectivity index (χ1n) is 8.88. The summed E-state index contributed by atoms with van der Waals surface area (Å²) in [6.45, 7) is 1.30. The van der Waals surface area contributed by atoms with Crippen LogP contribution in [0.5, 0.6) is 0 Å². The molecule has 1 fully saturated rings. The molecular weight excluding hydrogens is 386 g/mol. The smallest absolute Gasteiger partial charge is 0.407 e. The second kappa shape index (κ2) is 10.4. The first kappa shape index (κ1) is 22.2. The van der Waals surface area contributed by atoms with Gasteiger partial charge < -0.3 is 24.3 Å². The molecule has 1 aliphatic heterocycles. The van der Waals surface area contributed by atoms with Gasteiger partial charge in [0.25, 0.3) is 5.56 Å². The molecule has 1 aliphatic rings. The van der Waals surface area contributed by atoms with Crippen LogP contribution in [-0.4, -0.2) is 60.2 Å². The molecule has 2 rings (SSSR count). The Labute approximate surface area is 166 Å². The summed E-state index contributed by atoms with van der Waals surface area (Å²) in [7, 11) is 1.36. The van der Waals surface area contributed by atoms with Gasteiger partial charge in [-0.3, -0.25) is 19.1 Å². The summed E-state index contributed by atoms with van der Waals surface area (Å²) in [5.74, 6) is 1.86. The monoisotopic (exact) mass is 409 g/mol. The summed E-state index contributed by atoms with van der Waals surface area (Å²) in [5, 5.41) is 2.53. The lowest BCUT2D eigenvalue weighted by Crippen LogP contribution is -2.41. The van der Waals surface area contributed by atoms with Crippen molar-refractivity contribution in [1.29, 1.82) is 0 Å². The first-order chi connectivity index (χ1) is 13.9. The SMILES string of the molecule is C#CCCCNC(=O)OC[C@H]1O[C@@H](n2ccc(=O)[nH]c2=O)[C@H](OC)[C@@H]1OC(C)=O. The van der Waals surface area contributed by atoms with Crippen LogP contribution in [0.2, 0.25) is 0 Å². The first-order valence-corrected chi connectivity index (χ1v) is 8.88. The molecule has 0 bridgehead atoms. The Hall–Kier alpha value is -3.10. The largest absolute Gasteiger partial charge is 0.457 e. The van der Waals surface area contributed by atoms with Crippen LogP contribution in [0.1, 0.15) is 26.0 Å². The van der Waals surface area contributed by atoms with Crippen molar-refractivity contribution >= 4 is 12.1 Å². The number of nitrogens with zero attached hydrogens (tertiary/aromatic N) is 1. The Morgan fingerprint density at radius 2 is 2.14 bits per heavy atom. The van der Waals surface area contributed by atoms with E-state index >= 15 is 0 Å². The summed E-state index contributed by atoms with van der Waals surface area (Å²) in [6.07, 6.45) is 3.07. The van der Waals surface area contributed by atoms with E-state index < -0.39 is 47.9 Å². The maximum Gasteiger partial charge on any atom is 0.407 e. The molecule has 0 aromatic carbocycles. The van der Waals surface area contributed by atoms with Crippen molar-refractivity contribution in [1.82, 2.24) is 14.9 Å². The molecule has 2 heterocycles. The number of hydrogen-bond donors (Lipinski definition) is 2. The third-order valence-corrected chi connectivity index (χ3v) is 4.13. The third-order valence-electron chi connectivity index (χ3n) is 4.13. The van der Waals surface area contributed by atoms with Gasteiger partial charge >= 0.3 is 17.8 Å². The fourth-order valence-corrected chi connectivity index (χ4v) is 2.87. The highest BCUT2D eigenvalue weighted by molar-refractivity contribution is 5.67. The van der Waals surface area contributed by atoms with E-state index in [9.17, 15) is 19.2 Å². The van der Waals surface area contributed by atoms with Gasteiger partial charge in [0.15, 0.2) is 12.3 Å². The summed E-state index contributed by atoms with van der Waals surface area (Å²) >= 11 is 0. The number of aromatic nitrogens is 2. The lowest BCUT2D eigenvalue weighted by molar-refractivity contribution is -0.154. The zero-order chi connectivity index (χ0) is 21.4. The number of carbonyl (C=O) groups excluding carboxylic acids is 2. The number of methoxy groups -OCH3 is 1. The molecule has 0 saturated carbocycles. The maximum atomic E-state index is 12.1. The van der Waals surface area contributed by atoms with Gasteiger partial charge in [-0.15, -0.1) is 12.3 Å². The van der Waals surface area contributed by atoms with Gasteiger partial charge in [-0.05, 0) is 6.42 Å². The van der Waals surface area contributed by atoms with Crippen LogP contribution < -0.4 is 16.6 Å². The number of esters is 1. The Balaban J connectivity index is 2.12. The van der Waals surface area contributed by atoms with Crippen molar-refractivity contribution in [2.75, 3.05) is 20.3 Å². The molecule has 0 spiro atoms. The summed E-state index contributed by atoms with van der Waals surface area (Å²) < 4.78 is 22.7. The molecule has 1 amide bonds. The third kappa shape index (κ3) is 5.94.